The van der Waals surface area contributed by atoms with E-state index in [-0.39, 0.29) is 35.1 Å². The minimum Gasteiger partial charge on any atom is -0.480 e. The summed E-state index contributed by atoms with van der Waals surface area (Å²) in [7, 11) is -4.03. The minimum absolute atomic E-state index is 0.00820. The van der Waals surface area contributed by atoms with Crippen LogP contribution < -0.4 is 4.72 Å². The third-order valence-corrected chi connectivity index (χ3v) is 6.39. The van der Waals surface area contributed by atoms with Crippen LogP contribution in [0.4, 0.5) is 4.39 Å². The number of carboxylic acids is 1. The molecule has 1 aromatic heterocycles. The number of carboxylic acid groups (broad SMARTS) is 1. The second-order valence-corrected chi connectivity index (χ2v) is 8.75. The van der Waals surface area contributed by atoms with Crippen LogP contribution in [0.25, 0.3) is 11.4 Å². The molecule has 2 aromatic rings. The van der Waals surface area contributed by atoms with Crippen molar-refractivity contribution in [1.82, 2.24) is 14.9 Å². The molecule has 0 saturated heterocycles. The summed E-state index contributed by atoms with van der Waals surface area (Å²) >= 11 is 0. The highest BCUT2D eigenvalue weighted by molar-refractivity contribution is 7.93. The quantitative estimate of drug-likeness (QED) is 0.550. The van der Waals surface area contributed by atoms with Gasteiger partial charge in [0.15, 0.2) is 0 Å². The molecule has 0 amide bonds. The molecule has 3 rings (SSSR count). The third-order valence-electron chi connectivity index (χ3n) is 4.68. The monoisotopic (exact) mass is 435 g/mol. The Morgan fingerprint density at radius 1 is 1.47 bits per heavy atom. The number of hydrogen-bond donors (Lipinski definition) is 2. The van der Waals surface area contributed by atoms with Crippen LogP contribution in [0, 0.1) is 5.82 Å². The van der Waals surface area contributed by atoms with Crippen molar-refractivity contribution in [3.05, 3.63) is 59.1 Å². The molecule has 1 saturated carbocycles. The average molecular weight is 435 g/mol. The molecule has 0 aliphatic heterocycles. The molecule has 1 aromatic carbocycles. The molecule has 1 fully saturated rings. The highest BCUT2D eigenvalue weighted by Gasteiger charge is 2.30. The van der Waals surface area contributed by atoms with Gasteiger partial charge in [0, 0.05) is 5.92 Å². The molecule has 10 heteroatoms. The van der Waals surface area contributed by atoms with E-state index < -0.39 is 27.9 Å². The summed E-state index contributed by atoms with van der Waals surface area (Å²) in [5.74, 6) is -1.18. The number of halogens is 1. The number of rotatable bonds is 10. The van der Waals surface area contributed by atoms with E-state index in [4.69, 9.17) is 4.52 Å². The fourth-order valence-corrected chi connectivity index (χ4v) is 4.28. The first kappa shape index (κ1) is 21.8. The van der Waals surface area contributed by atoms with E-state index in [1.165, 1.54) is 24.3 Å². The molecule has 160 valence electrons. The molecule has 1 heterocycles. The molecule has 0 radical (unpaired) electrons. The van der Waals surface area contributed by atoms with Gasteiger partial charge in [-0.05, 0) is 49.5 Å². The van der Waals surface area contributed by atoms with Crippen molar-refractivity contribution in [3.8, 4) is 11.4 Å². The van der Waals surface area contributed by atoms with Gasteiger partial charge in [0.25, 0.3) is 0 Å². The number of carbonyl (C=O) groups is 1. The lowest BCUT2D eigenvalue weighted by atomic mass is 10.0. The molecule has 8 nitrogen and oxygen atoms in total. The highest BCUT2D eigenvalue weighted by atomic mass is 32.2. The van der Waals surface area contributed by atoms with Crippen LogP contribution in [-0.2, 0) is 21.2 Å². The topological polar surface area (TPSA) is 122 Å². The molecular formula is C20H22FN3O5S. The van der Waals surface area contributed by atoms with E-state index in [9.17, 15) is 22.7 Å². The molecule has 1 aliphatic rings. The van der Waals surface area contributed by atoms with E-state index >= 15 is 0 Å². The fraction of sp³-hybridized carbons (Fsp3) is 0.350. The molecule has 0 bridgehead atoms. The van der Waals surface area contributed by atoms with Gasteiger partial charge in [-0.3, -0.25) is 4.79 Å². The van der Waals surface area contributed by atoms with E-state index in [2.05, 4.69) is 21.4 Å². The molecule has 30 heavy (non-hydrogen) atoms. The predicted octanol–water partition coefficient (Wildman–Crippen LogP) is 3.15. The Balaban J connectivity index is 1.78. The first-order valence-electron chi connectivity index (χ1n) is 9.44. The van der Waals surface area contributed by atoms with Gasteiger partial charge < -0.3 is 9.63 Å². The largest absolute Gasteiger partial charge is 0.480 e. The van der Waals surface area contributed by atoms with Gasteiger partial charge in [-0.25, -0.2) is 12.8 Å². The van der Waals surface area contributed by atoms with Gasteiger partial charge in [-0.2, -0.15) is 9.71 Å². The van der Waals surface area contributed by atoms with E-state index in [1.54, 1.807) is 6.92 Å². The van der Waals surface area contributed by atoms with Gasteiger partial charge >= 0.3 is 5.97 Å². The van der Waals surface area contributed by atoms with Crippen LogP contribution in [0.2, 0.25) is 0 Å². The Bertz CT molecular complexity index is 1090. The number of nitrogens with one attached hydrogen (secondary N) is 1. The lowest BCUT2D eigenvalue weighted by molar-refractivity contribution is -0.138. The summed E-state index contributed by atoms with van der Waals surface area (Å²) < 4.78 is 46.8. The van der Waals surface area contributed by atoms with E-state index in [1.807, 2.05) is 0 Å². The summed E-state index contributed by atoms with van der Waals surface area (Å²) in [6.45, 7) is 5.09. The zero-order valence-electron chi connectivity index (χ0n) is 16.3. The maximum atomic E-state index is 14.6. The summed E-state index contributed by atoms with van der Waals surface area (Å²) in [5, 5.41) is 13.2. The van der Waals surface area contributed by atoms with Crippen molar-refractivity contribution in [2.75, 3.05) is 0 Å². The maximum absolute atomic E-state index is 14.6. The van der Waals surface area contributed by atoms with E-state index in [0.717, 1.165) is 18.9 Å². The Hall–Kier alpha value is -2.85. The van der Waals surface area contributed by atoms with Crippen LogP contribution in [-0.4, -0.2) is 35.7 Å². The Labute approximate surface area is 173 Å². The van der Waals surface area contributed by atoms with Crippen molar-refractivity contribution in [1.29, 1.82) is 0 Å². The van der Waals surface area contributed by atoms with Crippen molar-refractivity contribution in [2.45, 2.75) is 44.6 Å². The van der Waals surface area contributed by atoms with Gasteiger partial charge in [0.2, 0.25) is 21.7 Å². The lowest BCUT2D eigenvalue weighted by Gasteiger charge is -2.16. The zero-order valence-corrected chi connectivity index (χ0v) is 17.2. The Morgan fingerprint density at radius 2 is 2.20 bits per heavy atom. The van der Waals surface area contributed by atoms with Gasteiger partial charge in [-0.1, -0.05) is 30.8 Å². The summed E-state index contributed by atoms with van der Waals surface area (Å²) in [6.07, 6.45) is 4.49. The number of allylic oxidation sites excluding steroid dienone is 3. The number of hydrogen-bond acceptors (Lipinski definition) is 6. The van der Waals surface area contributed by atoms with Crippen molar-refractivity contribution in [3.63, 3.8) is 0 Å². The van der Waals surface area contributed by atoms with Crippen molar-refractivity contribution in [2.24, 2.45) is 0 Å². The maximum Gasteiger partial charge on any atom is 0.322 e. The van der Waals surface area contributed by atoms with Gasteiger partial charge in [0.1, 0.15) is 11.9 Å². The zero-order chi connectivity index (χ0) is 21.9. The fourth-order valence-electron chi connectivity index (χ4n) is 2.91. The highest BCUT2D eigenvalue weighted by Crippen LogP contribution is 2.39. The molecular weight excluding hydrogens is 413 g/mol. The van der Waals surface area contributed by atoms with Crippen molar-refractivity contribution >= 4 is 16.0 Å². The second-order valence-electron chi connectivity index (χ2n) is 6.98. The Kier molecular flexibility index (Phi) is 6.47. The van der Waals surface area contributed by atoms with Crippen molar-refractivity contribution < 1.29 is 27.2 Å². The lowest BCUT2D eigenvalue weighted by Crippen LogP contribution is -2.42. The van der Waals surface area contributed by atoms with Crippen LogP contribution in [0.5, 0.6) is 0 Å². The van der Waals surface area contributed by atoms with Gasteiger partial charge in [-0.15, -0.1) is 0 Å². The molecule has 1 atom stereocenters. The number of nitrogens with zero attached hydrogens (tertiary/aromatic N) is 2. The molecule has 2 N–H and O–H groups in total. The first-order valence-corrected chi connectivity index (χ1v) is 10.9. The number of aromatic nitrogens is 2. The van der Waals surface area contributed by atoms with Crippen LogP contribution in [0.1, 0.15) is 43.6 Å². The smallest absolute Gasteiger partial charge is 0.322 e. The summed E-state index contributed by atoms with van der Waals surface area (Å²) in [5.41, 5.74) is 0.437. The predicted molar refractivity (Wildman–Crippen MR) is 107 cm³/mol. The van der Waals surface area contributed by atoms with Crippen LogP contribution in [0.3, 0.4) is 0 Å². The number of benzene rings is 1. The molecule has 1 unspecified atom stereocenters. The summed E-state index contributed by atoms with van der Waals surface area (Å²) in [6, 6.07) is 2.62. The first-order chi connectivity index (χ1) is 14.2. The third kappa shape index (κ3) is 5.00. The normalized spacial score (nSPS) is 15.7. The molecule has 1 aliphatic carbocycles. The Morgan fingerprint density at radius 3 is 2.77 bits per heavy atom. The standard InChI is InChI=1S/C20H22FN3O5S/c1-3-5-14(4-2)30(27,28)24-17(20(25)26)11-12-6-9-15(16(21)10-12)18-22-19(29-23-18)13-7-8-13/h3,5-6,9-10,13,17,24H,1,4,7-8,11H2,2H3,(H,25,26)/b14-5+. The second kappa shape index (κ2) is 8.88. The van der Waals surface area contributed by atoms with Gasteiger partial charge in [0.05, 0.1) is 10.5 Å². The minimum atomic E-state index is -4.03. The van der Waals surface area contributed by atoms with Crippen LogP contribution >= 0.6 is 0 Å². The van der Waals surface area contributed by atoms with E-state index in [0.29, 0.717) is 11.5 Å². The number of sulfonamides is 1. The number of aliphatic carboxylic acids is 1. The molecule has 0 spiro atoms. The van der Waals surface area contributed by atoms with Crippen LogP contribution in [0.15, 0.2) is 46.4 Å². The summed E-state index contributed by atoms with van der Waals surface area (Å²) in [4.78, 5) is 15.8. The average Bonchev–Trinajstić information content (AvgIpc) is 3.43. The SMILES string of the molecule is C=C/C=C(\CC)S(=O)(=O)NC(Cc1ccc(-c2noc(C3CC3)n2)c(F)c1)C(=O)O.